The van der Waals surface area contributed by atoms with Gasteiger partial charge < -0.3 is 9.72 Å². The molecule has 0 saturated heterocycles. The molecule has 0 aromatic carbocycles. The topological polar surface area (TPSA) is 92.4 Å². The minimum atomic E-state index is -3.54. The van der Waals surface area contributed by atoms with Crippen molar-refractivity contribution in [3.05, 3.63) is 12.5 Å². The Kier molecular flexibility index (Phi) is 4.64. The van der Waals surface area contributed by atoms with Crippen LogP contribution in [0.25, 0.3) is 0 Å². The van der Waals surface area contributed by atoms with E-state index in [0.717, 1.165) is 0 Å². The molecule has 0 amide bonds. The molecule has 0 aliphatic carbocycles. The molecule has 1 heterocycles. The summed E-state index contributed by atoms with van der Waals surface area (Å²) in [7, 11) is -0.786. The average molecular weight is 261 g/mol. The number of imidazole rings is 1. The molecule has 17 heavy (non-hydrogen) atoms. The third-order valence-corrected chi connectivity index (χ3v) is 4.03. The molecule has 7 nitrogen and oxygen atoms in total. The van der Waals surface area contributed by atoms with Crippen molar-refractivity contribution >= 4 is 16.0 Å². The molecule has 0 saturated carbocycles. The van der Waals surface area contributed by atoms with Gasteiger partial charge in [-0.2, -0.15) is 4.31 Å². The van der Waals surface area contributed by atoms with Crippen LogP contribution in [0.15, 0.2) is 17.6 Å². The van der Waals surface area contributed by atoms with E-state index < -0.39 is 10.0 Å². The van der Waals surface area contributed by atoms with Crippen LogP contribution in [0.3, 0.4) is 0 Å². The largest absolute Gasteiger partial charge is 0.469 e. The smallest absolute Gasteiger partial charge is 0.305 e. The highest BCUT2D eigenvalue weighted by Gasteiger charge is 2.21. The summed E-state index contributed by atoms with van der Waals surface area (Å²) in [6.45, 7) is 0.246. The lowest BCUT2D eigenvalue weighted by Gasteiger charge is -2.15. The van der Waals surface area contributed by atoms with Crippen LogP contribution in [0.4, 0.5) is 0 Å². The van der Waals surface area contributed by atoms with Gasteiger partial charge in [0.1, 0.15) is 0 Å². The Labute approximate surface area is 99.8 Å². The van der Waals surface area contributed by atoms with Crippen molar-refractivity contribution in [1.82, 2.24) is 14.3 Å². The number of nitrogens with zero attached hydrogens (tertiary/aromatic N) is 2. The lowest BCUT2D eigenvalue weighted by molar-refractivity contribution is -0.140. The zero-order chi connectivity index (χ0) is 12.9. The zero-order valence-electron chi connectivity index (χ0n) is 9.71. The number of aromatic amines is 1. The number of carbonyl (C=O) groups excluding carboxylic acids is 1. The Morgan fingerprint density at radius 1 is 1.59 bits per heavy atom. The molecular formula is C9H15N3O4S. The van der Waals surface area contributed by atoms with Crippen molar-refractivity contribution < 1.29 is 17.9 Å². The molecule has 96 valence electrons. The van der Waals surface area contributed by atoms with E-state index in [4.69, 9.17) is 0 Å². The van der Waals surface area contributed by atoms with E-state index in [2.05, 4.69) is 14.7 Å². The average Bonchev–Trinajstić information content (AvgIpc) is 2.82. The van der Waals surface area contributed by atoms with Crippen molar-refractivity contribution in [2.24, 2.45) is 0 Å². The van der Waals surface area contributed by atoms with Gasteiger partial charge >= 0.3 is 5.97 Å². The number of aromatic nitrogens is 2. The molecule has 0 spiro atoms. The molecule has 8 heteroatoms. The predicted octanol–water partition coefficient (Wildman–Crippen LogP) is -0.0166. The molecule has 1 aromatic rings. The van der Waals surface area contributed by atoms with Gasteiger partial charge in [0.2, 0.25) is 0 Å². The Bertz CT molecular complexity index is 455. The van der Waals surface area contributed by atoms with Crippen molar-refractivity contribution in [2.45, 2.75) is 17.9 Å². The van der Waals surface area contributed by atoms with Gasteiger partial charge in [0, 0.05) is 20.0 Å². The van der Waals surface area contributed by atoms with Crippen LogP contribution in [-0.2, 0) is 19.6 Å². The van der Waals surface area contributed by atoms with Crippen LogP contribution in [0.1, 0.15) is 12.8 Å². The first-order valence-electron chi connectivity index (χ1n) is 5.00. The lowest BCUT2D eigenvalue weighted by Crippen LogP contribution is -2.28. The molecule has 1 rings (SSSR count). The number of esters is 1. The van der Waals surface area contributed by atoms with Gasteiger partial charge in [0.15, 0.2) is 5.03 Å². The summed E-state index contributed by atoms with van der Waals surface area (Å²) in [6, 6.07) is 0. The Morgan fingerprint density at radius 2 is 2.29 bits per heavy atom. The van der Waals surface area contributed by atoms with E-state index in [1.54, 1.807) is 0 Å². The summed E-state index contributed by atoms with van der Waals surface area (Å²) in [5, 5.41) is 0.0399. The zero-order valence-corrected chi connectivity index (χ0v) is 10.5. The molecule has 0 bridgehead atoms. The third-order valence-electron chi connectivity index (χ3n) is 2.24. The summed E-state index contributed by atoms with van der Waals surface area (Å²) >= 11 is 0. The van der Waals surface area contributed by atoms with E-state index in [-0.39, 0.29) is 24.0 Å². The number of hydrogen-bond acceptors (Lipinski definition) is 5. The number of rotatable bonds is 6. The van der Waals surface area contributed by atoms with E-state index in [1.807, 2.05) is 0 Å². The summed E-state index contributed by atoms with van der Waals surface area (Å²) in [5.74, 6) is -0.350. The molecule has 0 fully saturated rings. The van der Waals surface area contributed by atoms with Crippen LogP contribution in [0.5, 0.6) is 0 Å². The molecule has 0 atom stereocenters. The van der Waals surface area contributed by atoms with Gasteiger partial charge in [-0.3, -0.25) is 4.79 Å². The number of carbonyl (C=O) groups is 1. The maximum Gasteiger partial charge on any atom is 0.305 e. The summed E-state index contributed by atoms with van der Waals surface area (Å²) < 4.78 is 29.4. The van der Waals surface area contributed by atoms with E-state index in [0.29, 0.717) is 6.42 Å². The van der Waals surface area contributed by atoms with E-state index in [9.17, 15) is 13.2 Å². The van der Waals surface area contributed by atoms with Crippen LogP contribution in [-0.4, -0.2) is 49.4 Å². The number of nitrogens with one attached hydrogen (secondary N) is 1. The Balaban J connectivity index is 2.53. The fourth-order valence-electron chi connectivity index (χ4n) is 1.22. The fraction of sp³-hybridized carbons (Fsp3) is 0.556. The van der Waals surface area contributed by atoms with Crippen molar-refractivity contribution in [3.63, 3.8) is 0 Å². The highest BCUT2D eigenvalue weighted by molar-refractivity contribution is 7.89. The van der Waals surface area contributed by atoms with Gasteiger partial charge in [-0.25, -0.2) is 13.4 Å². The minimum absolute atomic E-state index is 0.0399. The van der Waals surface area contributed by atoms with Gasteiger partial charge in [-0.05, 0) is 6.42 Å². The van der Waals surface area contributed by atoms with Crippen molar-refractivity contribution in [3.8, 4) is 0 Å². The monoisotopic (exact) mass is 261 g/mol. The standard InChI is InChI=1S/C9H15N3O4S/c1-12(5-3-4-9(13)16-2)17(14,15)8-6-10-7-11-8/h6-7H,3-5H2,1-2H3,(H,10,11). The second-order valence-electron chi connectivity index (χ2n) is 3.42. The van der Waals surface area contributed by atoms with Crippen LogP contribution in [0, 0.1) is 0 Å². The second kappa shape index (κ2) is 5.78. The number of hydrogen-bond donors (Lipinski definition) is 1. The molecule has 1 N–H and O–H groups in total. The van der Waals surface area contributed by atoms with Crippen molar-refractivity contribution in [1.29, 1.82) is 0 Å². The molecular weight excluding hydrogens is 246 g/mol. The van der Waals surface area contributed by atoms with Crippen LogP contribution >= 0.6 is 0 Å². The number of H-pyrrole nitrogens is 1. The van der Waals surface area contributed by atoms with Gasteiger partial charge in [0.05, 0.1) is 19.6 Å². The van der Waals surface area contributed by atoms with Gasteiger partial charge in [-0.15, -0.1) is 0 Å². The molecule has 0 aliphatic heterocycles. The van der Waals surface area contributed by atoms with E-state index >= 15 is 0 Å². The predicted molar refractivity (Wildman–Crippen MR) is 59.7 cm³/mol. The summed E-state index contributed by atoms with van der Waals surface area (Å²) in [4.78, 5) is 17.1. The highest BCUT2D eigenvalue weighted by Crippen LogP contribution is 2.10. The summed E-state index contributed by atoms with van der Waals surface area (Å²) in [6.07, 6.45) is 3.15. The number of methoxy groups -OCH3 is 1. The quantitative estimate of drug-likeness (QED) is 0.727. The maximum atomic E-state index is 11.9. The van der Waals surface area contributed by atoms with E-state index in [1.165, 1.54) is 31.0 Å². The Hall–Kier alpha value is -1.41. The third kappa shape index (κ3) is 3.53. The molecule has 0 unspecified atom stereocenters. The molecule has 0 radical (unpaired) electrons. The van der Waals surface area contributed by atoms with Gasteiger partial charge in [0.25, 0.3) is 10.0 Å². The van der Waals surface area contributed by atoms with Crippen LogP contribution < -0.4 is 0 Å². The first-order valence-corrected chi connectivity index (χ1v) is 6.44. The molecule has 0 aliphatic rings. The summed E-state index contributed by atoms with van der Waals surface area (Å²) in [5.41, 5.74) is 0. The highest BCUT2D eigenvalue weighted by atomic mass is 32.2. The maximum absolute atomic E-state index is 11.9. The Morgan fingerprint density at radius 3 is 2.82 bits per heavy atom. The number of sulfonamides is 1. The van der Waals surface area contributed by atoms with Gasteiger partial charge in [-0.1, -0.05) is 0 Å². The normalized spacial score (nSPS) is 11.7. The lowest BCUT2D eigenvalue weighted by atomic mass is 10.3. The fourth-order valence-corrected chi connectivity index (χ4v) is 2.32. The van der Waals surface area contributed by atoms with Crippen molar-refractivity contribution in [2.75, 3.05) is 20.7 Å². The first-order chi connectivity index (χ1) is 7.98. The second-order valence-corrected chi connectivity index (χ2v) is 5.44. The first kappa shape index (κ1) is 13.7. The minimum Gasteiger partial charge on any atom is -0.469 e. The SMILES string of the molecule is COC(=O)CCCN(C)S(=O)(=O)c1cnc[nH]1. The van der Waals surface area contributed by atoms with Crippen LogP contribution in [0.2, 0.25) is 0 Å². The number of ether oxygens (including phenoxy) is 1. The molecule has 1 aromatic heterocycles.